The molecule has 0 saturated heterocycles. The van der Waals surface area contributed by atoms with Gasteiger partial charge in [-0.05, 0) is 37.3 Å². The highest BCUT2D eigenvalue weighted by Gasteiger charge is 2.35. The van der Waals surface area contributed by atoms with Crippen molar-refractivity contribution in [1.82, 2.24) is 4.90 Å². The van der Waals surface area contributed by atoms with Crippen LogP contribution in [0.2, 0.25) is 0 Å². The summed E-state index contributed by atoms with van der Waals surface area (Å²) < 4.78 is 24.1. The molecule has 1 aliphatic heterocycles. The van der Waals surface area contributed by atoms with Gasteiger partial charge in [-0.1, -0.05) is 12.1 Å². The van der Waals surface area contributed by atoms with Crippen molar-refractivity contribution < 1.29 is 28.2 Å². The zero-order valence-electron chi connectivity index (χ0n) is 14.2. The summed E-state index contributed by atoms with van der Waals surface area (Å²) >= 11 is 0. The summed E-state index contributed by atoms with van der Waals surface area (Å²) in [7, 11) is 1.31. The molecule has 6 nitrogen and oxygen atoms in total. The largest absolute Gasteiger partial charge is 0.494 e. The highest BCUT2D eigenvalue weighted by molar-refractivity contribution is 6.12. The van der Waals surface area contributed by atoms with E-state index in [0.29, 0.717) is 0 Å². The molecule has 3 rings (SSSR count). The molecule has 2 aromatic rings. The van der Waals surface area contributed by atoms with Crippen LogP contribution >= 0.6 is 0 Å². The second-order valence-corrected chi connectivity index (χ2v) is 5.76. The predicted molar refractivity (Wildman–Crippen MR) is 89.9 cm³/mol. The van der Waals surface area contributed by atoms with Gasteiger partial charge in [0.15, 0.2) is 23.5 Å². The number of Topliss-reactive ketones (excluding diaryl/α,β-unsaturated/α-hetero) is 1. The lowest BCUT2D eigenvalue weighted by molar-refractivity contribution is -0.134. The monoisotopic (exact) mass is 357 g/mol. The number of halogens is 1. The van der Waals surface area contributed by atoms with Crippen LogP contribution < -0.4 is 9.47 Å². The van der Waals surface area contributed by atoms with Crippen molar-refractivity contribution in [3.8, 4) is 11.5 Å². The molecule has 1 heterocycles. The number of imide groups is 1. The van der Waals surface area contributed by atoms with Gasteiger partial charge in [-0.25, -0.2) is 4.39 Å². The molecule has 1 aliphatic rings. The summed E-state index contributed by atoms with van der Waals surface area (Å²) in [5.41, 5.74) is 0.230. The minimum absolute atomic E-state index is 0.000533. The average molecular weight is 357 g/mol. The van der Waals surface area contributed by atoms with Crippen LogP contribution in [0.25, 0.3) is 0 Å². The number of ether oxygens (including phenoxy) is 2. The number of hydrogen-bond acceptors (Lipinski definition) is 5. The normalized spacial score (nSPS) is 16.6. The second kappa shape index (κ2) is 6.95. The van der Waals surface area contributed by atoms with E-state index in [9.17, 15) is 18.8 Å². The number of amides is 2. The molecular weight excluding hydrogens is 341 g/mol. The van der Waals surface area contributed by atoms with Gasteiger partial charge in [0.25, 0.3) is 11.8 Å². The fraction of sp³-hybridized carbons (Fsp3) is 0.211. The third-order valence-corrected chi connectivity index (χ3v) is 4.06. The maximum absolute atomic E-state index is 13.8. The number of hydrogen-bond donors (Lipinski definition) is 0. The van der Waals surface area contributed by atoms with Crippen LogP contribution in [0.1, 0.15) is 27.6 Å². The topological polar surface area (TPSA) is 72.9 Å². The molecule has 0 spiro atoms. The Morgan fingerprint density at radius 2 is 1.96 bits per heavy atom. The number of fused-ring (bicyclic) bond motifs is 1. The van der Waals surface area contributed by atoms with Gasteiger partial charge >= 0.3 is 0 Å². The minimum Gasteiger partial charge on any atom is -0.494 e. The van der Waals surface area contributed by atoms with Crippen LogP contribution in [-0.2, 0) is 4.79 Å². The van der Waals surface area contributed by atoms with Crippen molar-refractivity contribution in [2.75, 3.05) is 13.7 Å². The van der Waals surface area contributed by atoms with Crippen molar-refractivity contribution in [2.45, 2.75) is 13.0 Å². The number of carbonyl (C=O) groups is 3. The van der Waals surface area contributed by atoms with Gasteiger partial charge in [-0.3, -0.25) is 19.3 Å². The first-order chi connectivity index (χ1) is 12.4. The molecule has 2 amide bonds. The van der Waals surface area contributed by atoms with E-state index in [4.69, 9.17) is 9.47 Å². The summed E-state index contributed by atoms with van der Waals surface area (Å²) in [6.07, 6.45) is -0.928. The third-order valence-electron chi connectivity index (χ3n) is 4.06. The van der Waals surface area contributed by atoms with E-state index in [1.54, 1.807) is 18.2 Å². The number of carbonyl (C=O) groups excluding carboxylic acids is 3. The zero-order valence-corrected chi connectivity index (χ0v) is 14.2. The van der Waals surface area contributed by atoms with Crippen molar-refractivity contribution in [3.63, 3.8) is 0 Å². The average Bonchev–Trinajstić information content (AvgIpc) is 2.72. The van der Waals surface area contributed by atoms with E-state index in [0.717, 1.165) is 11.0 Å². The van der Waals surface area contributed by atoms with Gasteiger partial charge in [-0.2, -0.15) is 0 Å². The third kappa shape index (κ3) is 3.15. The number of para-hydroxylation sites is 1. The van der Waals surface area contributed by atoms with E-state index < -0.39 is 36.1 Å². The van der Waals surface area contributed by atoms with E-state index >= 15 is 0 Å². The molecule has 26 heavy (non-hydrogen) atoms. The van der Waals surface area contributed by atoms with Gasteiger partial charge < -0.3 is 9.47 Å². The fourth-order valence-corrected chi connectivity index (χ4v) is 2.68. The number of ketones is 1. The molecule has 2 aromatic carbocycles. The van der Waals surface area contributed by atoms with E-state index in [2.05, 4.69) is 0 Å². The lowest BCUT2D eigenvalue weighted by Crippen LogP contribution is -2.44. The Bertz CT molecular complexity index is 895. The van der Waals surface area contributed by atoms with E-state index in [1.807, 2.05) is 0 Å². The van der Waals surface area contributed by atoms with E-state index in [1.165, 1.54) is 32.2 Å². The van der Waals surface area contributed by atoms with Crippen molar-refractivity contribution in [2.24, 2.45) is 0 Å². The number of rotatable bonds is 4. The fourth-order valence-electron chi connectivity index (χ4n) is 2.68. The lowest BCUT2D eigenvalue weighted by Gasteiger charge is -2.19. The molecule has 0 saturated carbocycles. The summed E-state index contributed by atoms with van der Waals surface area (Å²) in [5.74, 6) is -2.25. The number of methoxy groups -OCH3 is 1. The Labute approximate surface area is 149 Å². The van der Waals surface area contributed by atoms with Crippen LogP contribution in [0.5, 0.6) is 11.5 Å². The highest BCUT2D eigenvalue weighted by atomic mass is 19.1. The molecule has 0 aromatic heterocycles. The summed E-state index contributed by atoms with van der Waals surface area (Å²) in [5, 5.41) is 0. The molecule has 0 radical (unpaired) electrons. The summed E-state index contributed by atoms with van der Waals surface area (Å²) in [6, 6.07) is 10.1. The Balaban J connectivity index is 1.90. The lowest BCUT2D eigenvalue weighted by atomic mass is 10.1. The first-order valence-electron chi connectivity index (χ1n) is 7.90. The molecule has 134 valence electrons. The highest BCUT2D eigenvalue weighted by Crippen LogP contribution is 2.26. The van der Waals surface area contributed by atoms with Gasteiger partial charge in [0, 0.05) is 5.56 Å². The summed E-state index contributed by atoms with van der Waals surface area (Å²) in [4.78, 5) is 38.5. The Kier molecular flexibility index (Phi) is 4.71. The van der Waals surface area contributed by atoms with Gasteiger partial charge in [0.05, 0.1) is 19.2 Å². The first kappa shape index (κ1) is 17.6. The minimum atomic E-state index is -0.928. The van der Waals surface area contributed by atoms with Crippen molar-refractivity contribution in [3.05, 3.63) is 59.4 Å². The van der Waals surface area contributed by atoms with Crippen LogP contribution in [0.15, 0.2) is 42.5 Å². The van der Waals surface area contributed by atoms with Gasteiger partial charge in [-0.15, -0.1) is 0 Å². The van der Waals surface area contributed by atoms with Crippen molar-refractivity contribution in [1.29, 1.82) is 0 Å². The standard InChI is InChI=1S/C19H16FNO5/c1-11-18(23)21(19(24)13-5-3-4-6-16(13)26-11)10-15(22)12-7-8-17(25-2)14(20)9-12/h3-9,11H,10H2,1-2H3/t11-/m0/s1. The van der Waals surface area contributed by atoms with Gasteiger partial charge in [0.1, 0.15) is 5.75 Å². The smallest absolute Gasteiger partial charge is 0.270 e. The molecule has 0 N–H and O–H groups in total. The van der Waals surface area contributed by atoms with Crippen LogP contribution in [-0.4, -0.2) is 42.3 Å². The number of nitrogens with zero attached hydrogens (tertiary/aromatic N) is 1. The number of benzene rings is 2. The van der Waals surface area contributed by atoms with Crippen LogP contribution in [0, 0.1) is 5.82 Å². The van der Waals surface area contributed by atoms with Gasteiger partial charge in [0.2, 0.25) is 0 Å². The second-order valence-electron chi connectivity index (χ2n) is 5.76. The Morgan fingerprint density at radius 3 is 2.65 bits per heavy atom. The SMILES string of the molecule is COc1ccc(C(=O)CN2C(=O)c3ccccc3O[C@@H](C)C2=O)cc1F. The molecule has 0 fully saturated rings. The summed E-state index contributed by atoms with van der Waals surface area (Å²) in [6.45, 7) is 0.994. The van der Waals surface area contributed by atoms with Crippen molar-refractivity contribution >= 4 is 17.6 Å². The Morgan fingerprint density at radius 1 is 1.23 bits per heavy atom. The molecule has 0 aliphatic carbocycles. The zero-order chi connectivity index (χ0) is 18.8. The molecule has 7 heteroatoms. The molecule has 1 atom stereocenters. The molecule has 0 unspecified atom stereocenters. The molecule has 0 bridgehead atoms. The van der Waals surface area contributed by atoms with Crippen LogP contribution in [0.4, 0.5) is 4.39 Å². The maximum atomic E-state index is 13.8. The maximum Gasteiger partial charge on any atom is 0.270 e. The first-order valence-corrected chi connectivity index (χ1v) is 7.90. The predicted octanol–water partition coefficient (Wildman–Crippen LogP) is 2.47. The van der Waals surface area contributed by atoms with E-state index in [-0.39, 0.29) is 22.6 Å². The molecular formula is C19H16FNO5. The Hall–Kier alpha value is -3.22. The quantitative estimate of drug-likeness (QED) is 0.621. The van der Waals surface area contributed by atoms with Crippen LogP contribution in [0.3, 0.4) is 0 Å².